The first kappa shape index (κ1) is 23.7. The zero-order valence-corrected chi connectivity index (χ0v) is 20.3. The second-order valence-electron chi connectivity index (χ2n) is 7.27. The molecule has 0 radical (unpaired) electrons. The molecule has 0 aliphatic carbocycles. The number of aliphatic imine (C=N–C) groups is 1. The number of hydrogen-bond acceptors (Lipinski definition) is 3. The summed E-state index contributed by atoms with van der Waals surface area (Å²) < 4.78 is 0. The first-order valence-electron chi connectivity index (χ1n) is 10.0. The van der Waals surface area contributed by atoms with Gasteiger partial charge in [0.15, 0.2) is 5.96 Å². The number of benzene rings is 1. The summed E-state index contributed by atoms with van der Waals surface area (Å²) in [6, 6.07) is 12.2. The molecule has 1 fully saturated rings. The van der Waals surface area contributed by atoms with Crippen molar-refractivity contribution in [2.24, 2.45) is 4.99 Å². The van der Waals surface area contributed by atoms with Crippen molar-refractivity contribution in [3.63, 3.8) is 0 Å². The number of piperidine rings is 1. The van der Waals surface area contributed by atoms with Gasteiger partial charge in [-0.2, -0.15) is 0 Å². The van der Waals surface area contributed by atoms with Crippen LogP contribution in [0.2, 0.25) is 0 Å². The average molecular weight is 526 g/mol. The van der Waals surface area contributed by atoms with Gasteiger partial charge in [0.2, 0.25) is 0 Å². The Morgan fingerprint density at radius 3 is 2.48 bits per heavy atom. The summed E-state index contributed by atoms with van der Waals surface area (Å²) in [6.07, 6.45) is 3.46. The number of nitrogens with one attached hydrogen (secondary N) is 2. The van der Waals surface area contributed by atoms with Crippen molar-refractivity contribution in [2.45, 2.75) is 38.6 Å². The first-order valence-corrected chi connectivity index (χ1v) is 10.9. The number of halogens is 1. The monoisotopic (exact) mass is 526 g/mol. The average Bonchev–Trinajstić information content (AvgIpc) is 3.29. The molecule has 1 aliphatic heterocycles. The van der Waals surface area contributed by atoms with Crippen LogP contribution in [0.4, 0.5) is 0 Å². The SMILES string of the molecule is CN=C(NCc1ccc(C(=O)N2CCCCC2)cc1)NCC(C)c1cccs1.I. The Balaban J connectivity index is 0.00000300. The highest BCUT2D eigenvalue weighted by molar-refractivity contribution is 14.0. The molecule has 2 N–H and O–H groups in total. The number of hydrogen-bond donors (Lipinski definition) is 2. The Morgan fingerprint density at radius 1 is 1.14 bits per heavy atom. The largest absolute Gasteiger partial charge is 0.356 e. The molecule has 0 saturated carbocycles. The van der Waals surface area contributed by atoms with E-state index in [1.165, 1.54) is 11.3 Å². The minimum Gasteiger partial charge on any atom is -0.356 e. The van der Waals surface area contributed by atoms with E-state index in [1.807, 2.05) is 29.2 Å². The Bertz CT molecular complexity index is 771. The lowest BCUT2D eigenvalue weighted by Gasteiger charge is -2.26. The Hall–Kier alpha value is -1.61. The van der Waals surface area contributed by atoms with Crippen LogP contribution in [0.25, 0.3) is 0 Å². The maximum Gasteiger partial charge on any atom is 0.253 e. The van der Waals surface area contributed by atoms with Gasteiger partial charge in [-0.1, -0.05) is 25.1 Å². The lowest BCUT2D eigenvalue weighted by atomic mass is 10.1. The Morgan fingerprint density at radius 2 is 1.86 bits per heavy atom. The predicted molar refractivity (Wildman–Crippen MR) is 133 cm³/mol. The van der Waals surface area contributed by atoms with Crippen LogP contribution < -0.4 is 10.6 Å². The van der Waals surface area contributed by atoms with Gasteiger partial charge >= 0.3 is 0 Å². The molecule has 1 saturated heterocycles. The fourth-order valence-electron chi connectivity index (χ4n) is 3.37. The number of guanidine groups is 1. The van der Waals surface area contributed by atoms with E-state index in [1.54, 1.807) is 18.4 Å². The summed E-state index contributed by atoms with van der Waals surface area (Å²) in [7, 11) is 1.78. The van der Waals surface area contributed by atoms with Crippen LogP contribution in [0.3, 0.4) is 0 Å². The molecular weight excluding hydrogens is 495 g/mol. The smallest absolute Gasteiger partial charge is 0.253 e. The molecule has 2 heterocycles. The molecule has 158 valence electrons. The lowest BCUT2D eigenvalue weighted by molar-refractivity contribution is 0.0724. The summed E-state index contributed by atoms with van der Waals surface area (Å²) in [4.78, 5) is 20.2. The van der Waals surface area contributed by atoms with Crippen LogP contribution in [0.5, 0.6) is 0 Å². The van der Waals surface area contributed by atoms with Crippen LogP contribution in [-0.4, -0.2) is 43.4 Å². The maximum atomic E-state index is 12.6. The summed E-state index contributed by atoms with van der Waals surface area (Å²) in [5.41, 5.74) is 1.90. The van der Waals surface area contributed by atoms with Crippen LogP contribution in [0.1, 0.15) is 52.9 Å². The van der Waals surface area contributed by atoms with Crippen molar-refractivity contribution < 1.29 is 4.79 Å². The molecule has 2 aromatic rings. The zero-order valence-electron chi connectivity index (χ0n) is 17.2. The summed E-state index contributed by atoms with van der Waals surface area (Å²) in [6.45, 7) is 5.49. The zero-order chi connectivity index (χ0) is 19.8. The van der Waals surface area contributed by atoms with Gasteiger partial charge in [-0.15, -0.1) is 35.3 Å². The Kier molecular flexibility index (Phi) is 9.93. The fourth-order valence-corrected chi connectivity index (χ4v) is 4.16. The molecule has 1 aliphatic rings. The lowest BCUT2D eigenvalue weighted by Crippen LogP contribution is -2.38. The molecule has 3 rings (SSSR count). The van der Waals surface area contributed by atoms with Gasteiger partial charge in [-0.05, 0) is 48.4 Å². The molecule has 5 nitrogen and oxygen atoms in total. The Labute approximate surface area is 195 Å². The molecule has 1 aromatic heterocycles. The van der Waals surface area contributed by atoms with E-state index >= 15 is 0 Å². The van der Waals surface area contributed by atoms with E-state index in [0.29, 0.717) is 12.5 Å². The number of likely N-dealkylation sites (tertiary alicyclic amines) is 1. The quantitative estimate of drug-likeness (QED) is 0.332. The van der Waals surface area contributed by atoms with E-state index < -0.39 is 0 Å². The van der Waals surface area contributed by atoms with Gasteiger partial charge < -0.3 is 15.5 Å². The highest BCUT2D eigenvalue weighted by atomic mass is 127. The number of carbonyl (C=O) groups is 1. The fraction of sp³-hybridized carbons (Fsp3) is 0.455. The van der Waals surface area contributed by atoms with Crippen molar-refractivity contribution in [2.75, 3.05) is 26.7 Å². The first-order chi connectivity index (χ1) is 13.7. The summed E-state index contributed by atoms with van der Waals surface area (Å²) in [5, 5.41) is 8.84. The van der Waals surface area contributed by atoms with Crippen LogP contribution in [0.15, 0.2) is 46.8 Å². The molecule has 29 heavy (non-hydrogen) atoms. The highest BCUT2D eigenvalue weighted by Gasteiger charge is 2.17. The third kappa shape index (κ3) is 6.99. The van der Waals surface area contributed by atoms with Crippen molar-refractivity contribution in [1.29, 1.82) is 0 Å². The van der Waals surface area contributed by atoms with Crippen molar-refractivity contribution in [1.82, 2.24) is 15.5 Å². The molecule has 1 atom stereocenters. The highest BCUT2D eigenvalue weighted by Crippen LogP contribution is 2.19. The van der Waals surface area contributed by atoms with E-state index in [-0.39, 0.29) is 29.9 Å². The molecule has 0 bridgehead atoms. The maximum absolute atomic E-state index is 12.6. The number of nitrogens with zero attached hydrogens (tertiary/aromatic N) is 2. The van der Waals surface area contributed by atoms with Crippen LogP contribution in [-0.2, 0) is 6.54 Å². The second-order valence-corrected chi connectivity index (χ2v) is 8.25. The minimum atomic E-state index is 0. The number of thiophene rings is 1. The number of amides is 1. The van der Waals surface area contributed by atoms with Gasteiger partial charge in [-0.3, -0.25) is 9.79 Å². The molecule has 1 aromatic carbocycles. The van der Waals surface area contributed by atoms with Crippen LogP contribution in [0, 0.1) is 0 Å². The van der Waals surface area contributed by atoms with Gasteiger partial charge in [-0.25, -0.2) is 0 Å². The van der Waals surface area contributed by atoms with Gasteiger partial charge in [0, 0.05) is 49.6 Å². The summed E-state index contributed by atoms with van der Waals surface area (Å²) in [5.74, 6) is 1.38. The third-order valence-electron chi connectivity index (χ3n) is 5.13. The van der Waals surface area contributed by atoms with Crippen molar-refractivity contribution >= 4 is 47.2 Å². The van der Waals surface area contributed by atoms with E-state index in [2.05, 4.69) is 40.1 Å². The normalized spacial score (nSPS) is 15.4. The predicted octanol–water partition coefficient (Wildman–Crippen LogP) is 4.46. The minimum absolute atomic E-state index is 0. The van der Waals surface area contributed by atoms with E-state index in [4.69, 9.17) is 0 Å². The topological polar surface area (TPSA) is 56.7 Å². The molecule has 1 amide bonds. The third-order valence-corrected chi connectivity index (χ3v) is 6.24. The molecule has 0 spiro atoms. The molecule has 7 heteroatoms. The van der Waals surface area contributed by atoms with Gasteiger partial charge in [0.05, 0.1) is 0 Å². The van der Waals surface area contributed by atoms with E-state index in [9.17, 15) is 4.79 Å². The number of carbonyl (C=O) groups excluding carboxylic acids is 1. The number of rotatable bonds is 6. The van der Waals surface area contributed by atoms with Crippen molar-refractivity contribution in [3.05, 3.63) is 57.8 Å². The van der Waals surface area contributed by atoms with Gasteiger partial charge in [0.1, 0.15) is 0 Å². The van der Waals surface area contributed by atoms with E-state index in [0.717, 1.165) is 49.6 Å². The second kappa shape index (κ2) is 12.2. The summed E-state index contributed by atoms with van der Waals surface area (Å²) >= 11 is 1.78. The molecular formula is C22H31IN4OS. The van der Waals surface area contributed by atoms with Crippen LogP contribution >= 0.6 is 35.3 Å². The van der Waals surface area contributed by atoms with Gasteiger partial charge in [0.25, 0.3) is 5.91 Å². The molecule has 1 unspecified atom stereocenters. The standard InChI is InChI=1S/C22H30N4OS.HI/c1-17(20-7-6-14-28-20)15-24-22(23-2)25-16-18-8-10-19(11-9-18)21(27)26-12-4-3-5-13-26;/h6-11,14,17H,3-5,12-13,15-16H2,1-2H3,(H2,23,24,25);1H. The van der Waals surface area contributed by atoms with Crippen molar-refractivity contribution in [3.8, 4) is 0 Å².